The van der Waals surface area contributed by atoms with Crippen LogP contribution in [-0.4, -0.2) is 54.4 Å². The Kier molecular flexibility index (Phi) is 8.97. The van der Waals surface area contributed by atoms with E-state index < -0.39 is 35.2 Å². The average molecular weight is 657 g/mol. The Morgan fingerprint density at radius 2 is 0.500 bits per heavy atom. The van der Waals surface area contributed by atoms with Crippen molar-refractivity contribution in [1.82, 2.24) is 0 Å². The van der Waals surface area contributed by atoms with Crippen molar-refractivity contribution in [3.63, 3.8) is 0 Å². The molecule has 4 N–H and O–H groups in total. The standard InChI is InChI=1S/C32H32O8Si4/c1-5-25-9-17-29(18-10-25)41(33)37-42(34,30-19-11-26(6-2)12-20-30)39-44(36,32-23-15-28(8-4)16-24-32)40-43(35,38-41)31-21-13-27(7-3)14-22-31/h5-24,33-36H,1-4H2. The van der Waals surface area contributed by atoms with Gasteiger partial charge in [0.1, 0.15) is 0 Å². The molecular formula is C32H32O8Si4. The van der Waals surface area contributed by atoms with Gasteiger partial charge in [-0.15, -0.1) is 0 Å². The van der Waals surface area contributed by atoms with Crippen LogP contribution < -0.4 is 20.7 Å². The summed E-state index contributed by atoms with van der Waals surface area (Å²) in [5, 5.41) is 0.667. The fraction of sp³-hybridized carbons (Fsp3) is 0. The zero-order chi connectivity index (χ0) is 31.6. The summed E-state index contributed by atoms with van der Waals surface area (Å²) in [5.74, 6) is 0. The van der Waals surface area contributed by atoms with Crippen LogP contribution >= 0.6 is 0 Å². The van der Waals surface area contributed by atoms with Gasteiger partial charge in [-0.2, -0.15) is 0 Å². The van der Waals surface area contributed by atoms with Gasteiger partial charge in [0, 0.05) is 20.7 Å². The third-order valence-electron chi connectivity index (χ3n) is 7.15. The summed E-state index contributed by atoms with van der Waals surface area (Å²) in [6.07, 6.45) is 6.51. The van der Waals surface area contributed by atoms with Crippen LogP contribution in [0.2, 0.25) is 0 Å². The minimum atomic E-state index is -4.79. The van der Waals surface area contributed by atoms with Crippen LogP contribution in [0.4, 0.5) is 0 Å². The second kappa shape index (κ2) is 12.4. The predicted molar refractivity (Wildman–Crippen MR) is 181 cm³/mol. The minimum absolute atomic E-state index is 0.167. The van der Waals surface area contributed by atoms with Crippen molar-refractivity contribution < 1.29 is 35.6 Å². The second-order valence-electron chi connectivity index (χ2n) is 10.0. The molecule has 1 aliphatic heterocycles. The molecule has 0 radical (unpaired) electrons. The Morgan fingerprint density at radius 3 is 0.636 bits per heavy atom. The molecule has 0 spiro atoms. The lowest BCUT2D eigenvalue weighted by Crippen LogP contribution is -2.80. The van der Waals surface area contributed by atoms with Crippen molar-refractivity contribution in [2.24, 2.45) is 0 Å². The summed E-state index contributed by atoms with van der Waals surface area (Å²) in [6, 6.07) is 26.0. The maximum absolute atomic E-state index is 12.3. The summed E-state index contributed by atoms with van der Waals surface area (Å²) in [4.78, 5) is 49.1. The monoisotopic (exact) mass is 656 g/mol. The van der Waals surface area contributed by atoms with Crippen LogP contribution in [0.3, 0.4) is 0 Å². The van der Waals surface area contributed by atoms with Gasteiger partial charge >= 0.3 is 35.2 Å². The minimum Gasteiger partial charge on any atom is -0.387 e. The Morgan fingerprint density at radius 1 is 0.341 bits per heavy atom. The highest BCUT2D eigenvalue weighted by atomic mass is 28.6. The molecule has 5 rings (SSSR count). The van der Waals surface area contributed by atoms with Crippen LogP contribution in [0.25, 0.3) is 24.3 Å². The van der Waals surface area contributed by atoms with E-state index in [1.165, 1.54) is 0 Å². The molecule has 0 aliphatic carbocycles. The molecule has 0 bridgehead atoms. The van der Waals surface area contributed by atoms with Crippen molar-refractivity contribution in [3.8, 4) is 0 Å². The van der Waals surface area contributed by atoms with Gasteiger partial charge in [-0.1, -0.05) is 148 Å². The maximum atomic E-state index is 12.3. The first-order valence-corrected chi connectivity index (χ1v) is 20.7. The van der Waals surface area contributed by atoms with E-state index in [0.717, 1.165) is 22.3 Å². The van der Waals surface area contributed by atoms with E-state index in [1.54, 1.807) is 121 Å². The van der Waals surface area contributed by atoms with Crippen LogP contribution in [0.15, 0.2) is 123 Å². The topological polar surface area (TPSA) is 118 Å². The van der Waals surface area contributed by atoms with Gasteiger partial charge in [-0.05, 0) is 22.3 Å². The van der Waals surface area contributed by atoms with Gasteiger partial charge < -0.3 is 35.6 Å². The molecule has 0 atom stereocenters. The van der Waals surface area contributed by atoms with Gasteiger partial charge in [0.05, 0.1) is 0 Å². The molecule has 4 aromatic rings. The lowest BCUT2D eigenvalue weighted by molar-refractivity contribution is 0.0938. The summed E-state index contributed by atoms with van der Waals surface area (Å²) >= 11 is 0. The second-order valence-corrected chi connectivity index (χ2v) is 20.3. The van der Waals surface area contributed by atoms with Gasteiger partial charge in [0.15, 0.2) is 0 Å². The highest BCUT2D eigenvalue weighted by Crippen LogP contribution is 2.28. The molecule has 44 heavy (non-hydrogen) atoms. The zero-order valence-electron chi connectivity index (χ0n) is 23.8. The van der Waals surface area contributed by atoms with Crippen LogP contribution in [0, 0.1) is 0 Å². The largest absolute Gasteiger partial charge is 0.520 e. The van der Waals surface area contributed by atoms with E-state index in [0.29, 0.717) is 0 Å². The summed E-state index contributed by atoms with van der Waals surface area (Å²) in [7, 11) is -19.2. The number of rotatable bonds is 8. The van der Waals surface area contributed by atoms with Crippen LogP contribution in [0.1, 0.15) is 22.3 Å². The molecule has 224 valence electrons. The molecule has 12 heteroatoms. The van der Waals surface area contributed by atoms with Gasteiger partial charge in [-0.3, -0.25) is 0 Å². The van der Waals surface area contributed by atoms with Crippen molar-refractivity contribution in [3.05, 3.63) is 146 Å². The first-order valence-electron chi connectivity index (χ1n) is 13.6. The molecule has 1 aliphatic rings. The molecule has 0 aromatic heterocycles. The van der Waals surface area contributed by atoms with Crippen LogP contribution in [-0.2, 0) is 16.5 Å². The molecule has 1 saturated heterocycles. The first-order chi connectivity index (χ1) is 21.0. The first kappa shape index (κ1) is 31.8. The SMILES string of the molecule is C=Cc1ccc([Si]2(O)O[Si](O)(c3ccc(C=C)cc3)O[Si](O)(c3ccc(C=C)cc3)O[Si](O)(c3ccc(C=C)cc3)O2)cc1. The Labute approximate surface area is 260 Å². The fourth-order valence-corrected chi connectivity index (χ4v) is 18.9. The lowest BCUT2D eigenvalue weighted by Gasteiger charge is -2.44. The van der Waals surface area contributed by atoms with Crippen LogP contribution in [0.5, 0.6) is 0 Å². The third kappa shape index (κ3) is 6.29. The Hall–Kier alpha value is -3.61. The van der Waals surface area contributed by atoms with Gasteiger partial charge in [0.2, 0.25) is 0 Å². The maximum Gasteiger partial charge on any atom is 0.520 e. The Balaban J connectivity index is 1.73. The molecule has 1 heterocycles. The Bertz CT molecular complexity index is 1410. The molecule has 4 aromatic carbocycles. The molecule has 0 amide bonds. The highest BCUT2D eigenvalue weighted by Gasteiger charge is 2.67. The van der Waals surface area contributed by atoms with Gasteiger partial charge in [-0.25, -0.2) is 0 Å². The van der Waals surface area contributed by atoms with Gasteiger partial charge in [0.25, 0.3) is 0 Å². The average Bonchev–Trinajstić information content (AvgIpc) is 3.04. The summed E-state index contributed by atoms with van der Waals surface area (Å²) < 4.78 is 25.0. The smallest absolute Gasteiger partial charge is 0.387 e. The zero-order valence-corrected chi connectivity index (χ0v) is 27.8. The number of hydrogen-bond donors (Lipinski definition) is 4. The quantitative estimate of drug-likeness (QED) is 0.213. The third-order valence-corrected chi connectivity index (χ3v) is 20.3. The van der Waals surface area contributed by atoms with Crippen molar-refractivity contribution in [1.29, 1.82) is 0 Å². The molecular weight excluding hydrogens is 625 g/mol. The van der Waals surface area contributed by atoms with E-state index in [-0.39, 0.29) is 20.7 Å². The predicted octanol–water partition coefficient (Wildman–Crippen LogP) is 1.99. The van der Waals surface area contributed by atoms with Crippen molar-refractivity contribution >= 4 is 80.3 Å². The summed E-state index contributed by atoms with van der Waals surface area (Å²) in [5.41, 5.74) is 3.04. The van der Waals surface area contributed by atoms with E-state index in [9.17, 15) is 19.2 Å². The normalized spacial score (nSPS) is 27.0. The fourth-order valence-electron chi connectivity index (χ4n) is 4.62. The summed E-state index contributed by atoms with van der Waals surface area (Å²) in [6.45, 7) is 15.1. The van der Waals surface area contributed by atoms with E-state index in [2.05, 4.69) is 26.3 Å². The number of benzene rings is 4. The molecule has 8 nitrogen and oxygen atoms in total. The molecule has 0 unspecified atom stereocenters. The molecule has 1 fully saturated rings. The molecule has 0 saturated carbocycles. The van der Waals surface area contributed by atoms with E-state index >= 15 is 0 Å². The van der Waals surface area contributed by atoms with E-state index in [1.807, 2.05) is 0 Å². The van der Waals surface area contributed by atoms with E-state index in [4.69, 9.17) is 16.5 Å². The lowest BCUT2D eigenvalue weighted by atomic mass is 10.2. The van der Waals surface area contributed by atoms with Crippen molar-refractivity contribution in [2.45, 2.75) is 0 Å². The number of hydrogen-bond acceptors (Lipinski definition) is 8. The highest BCUT2D eigenvalue weighted by molar-refractivity contribution is 7.00. The van der Waals surface area contributed by atoms with Crippen molar-refractivity contribution in [2.75, 3.05) is 0 Å².